The number of carbonyl (C=O) groups excluding carboxylic acids is 3. The van der Waals surface area contributed by atoms with Gasteiger partial charge in [-0.25, -0.2) is 0 Å². The van der Waals surface area contributed by atoms with Crippen molar-refractivity contribution in [1.82, 2.24) is 0 Å². The lowest BCUT2D eigenvalue weighted by atomic mass is 10.1. The van der Waals surface area contributed by atoms with Crippen molar-refractivity contribution >= 4 is 17.9 Å². The van der Waals surface area contributed by atoms with Crippen LogP contribution in [0.1, 0.15) is 173 Å². The van der Waals surface area contributed by atoms with Crippen molar-refractivity contribution in [3.05, 3.63) is 25.3 Å². The van der Waals surface area contributed by atoms with Gasteiger partial charge in [-0.15, -0.1) is 25.5 Å². The second-order valence-electron chi connectivity index (χ2n) is 16.8. The van der Waals surface area contributed by atoms with Gasteiger partial charge in [0.05, 0.1) is 37.6 Å². The Morgan fingerprint density at radius 2 is 0.848 bits per heavy atom. The van der Waals surface area contributed by atoms with Crippen molar-refractivity contribution in [3.63, 3.8) is 0 Å². The summed E-state index contributed by atoms with van der Waals surface area (Å²) in [6, 6.07) is 0. The predicted molar refractivity (Wildman–Crippen MR) is 258 cm³/mol. The molecule has 0 amide bonds. The SMILES string of the molecule is C#CCCCCCCC[C@@H]1O[C@H]1C#CC#CCCC(=O)OC[C@@H](COC(=O)CCC#CC#C[C@@H]1O[C@H]1CCCCCCCC=C)OC(=O)CCC#CC#C[C@@H]1O[C@H]1CCCCCCCC=C. The number of hydrogen-bond donors (Lipinski definition) is 0. The van der Waals surface area contributed by atoms with E-state index in [1.165, 1.54) is 57.8 Å². The fourth-order valence-corrected chi connectivity index (χ4v) is 6.91. The Kier molecular flexibility index (Phi) is 30.7. The summed E-state index contributed by atoms with van der Waals surface area (Å²) in [5.41, 5.74) is 0. The van der Waals surface area contributed by atoms with Crippen molar-refractivity contribution in [3.8, 4) is 83.4 Å². The zero-order valence-corrected chi connectivity index (χ0v) is 39.4. The summed E-state index contributed by atoms with van der Waals surface area (Å²) < 4.78 is 33.2. The highest BCUT2D eigenvalue weighted by molar-refractivity contribution is 5.71. The van der Waals surface area contributed by atoms with E-state index in [1.807, 2.05) is 12.2 Å². The highest BCUT2D eigenvalue weighted by Gasteiger charge is 2.37. The summed E-state index contributed by atoms with van der Waals surface area (Å²) in [4.78, 5) is 37.8. The van der Waals surface area contributed by atoms with Crippen molar-refractivity contribution in [1.29, 1.82) is 0 Å². The second-order valence-corrected chi connectivity index (χ2v) is 16.8. The molecule has 3 saturated heterocycles. The lowest BCUT2D eigenvalue weighted by Crippen LogP contribution is -2.30. The van der Waals surface area contributed by atoms with Crippen LogP contribution >= 0.6 is 0 Å². The highest BCUT2D eigenvalue weighted by Crippen LogP contribution is 2.28. The third kappa shape index (κ3) is 30.0. The molecule has 3 rings (SSSR count). The average molecular weight is 901 g/mol. The van der Waals surface area contributed by atoms with Crippen LogP contribution in [-0.2, 0) is 42.8 Å². The van der Waals surface area contributed by atoms with Crippen LogP contribution in [0.3, 0.4) is 0 Å². The Morgan fingerprint density at radius 1 is 0.485 bits per heavy atom. The lowest BCUT2D eigenvalue weighted by molar-refractivity contribution is -0.166. The van der Waals surface area contributed by atoms with Crippen molar-refractivity contribution in [2.24, 2.45) is 0 Å². The molecular formula is C57H72O9. The number of carbonyl (C=O) groups is 3. The monoisotopic (exact) mass is 901 g/mol. The topological polar surface area (TPSA) is 116 Å². The molecule has 9 heteroatoms. The largest absolute Gasteiger partial charge is 0.462 e. The van der Waals surface area contributed by atoms with E-state index in [2.05, 4.69) is 90.1 Å². The van der Waals surface area contributed by atoms with Crippen LogP contribution in [0.5, 0.6) is 0 Å². The molecule has 3 aliphatic heterocycles. The smallest absolute Gasteiger partial charge is 0.307 e. The van der Waals surface area contributed by atoms with Crippen LogP contribution in [0.15, 0.2) is 25.3 Å². The zero-order valence-electron chi connectivity index (χ0n) is 39.4. The van der Waals surface area contributed by atoms with Crippen LogP contribution in [0.25, 0.3) is 0 Å². The Balaban J connectivity index is 1.35. The zero-order chi connectivity index (χ0) is 47.1. The molecule has 3 fully saturated rings. The van der Waals surface area contributed by atoms with E-state index in [9.17, 15) is 14.4 Å². The van der Waals surface area contributed by atoms with E-state index in [0.29, 0.717) is 0 Å². The minimum Gasteiger partial charge on any atom is -0.462 e. The first-order chi connectivity index (χ1) is 32.4. The van der Waals surface area contributed by atoms with Gasteiger partial charge in [-0.1, -0.05) is 125 Å². The van der Waals surface area contributed by atoms with E-state index in [0.717, 1.165) is 77.0 Å². The lowest BCUT2D eigenvalue weighted by Gasteiger charge is -2.17. The van der Waals surface area contributed by atoms with Crippen molar-refractivity contribution in [2.45, 2.75) is 216 Å². The van der Waals surface area contributed by atoms with Gasteiger partial charge in [0.25, 0.3) is 0 Å². The number of terminal acetylenes is 1. The quantitative estimate of drug-likeness (QED) is 0.0155. The van der Waals surface area contributed by atoms with Gasteiger partial charge < -0.3 is 28.4 Å². The highest BCUT2D eigenvalue weighted by atomic mass is 16.6. The molecule has 0 spiro atoms. The summed E-state index contributed by atoms with van der Waals surface area (Å²) in [6.45, 7) is 6.95. The van der Waals surface area contributed by atoms with Crippen LogP contribution in [0.4, 0.5) is 0 Å². The van der Waals surface area contributed by atoms with E-state index < -0.39 is 24.0 Å². The number of allylic oxidation sites excluding steroid dienone is 2. The van der Waals surface area contributed by atoms with E-state index in [1.54, 1.807) is 0 Å². The van der Waals surface area contributed by atoms with Gasteiger partial charge in [0.15, 0.2) is 6.10 Å². The number of rotatable bonds is 34. The van der Waals surface area contributed by atoms with Gasteiger partial charge in [0.1, 0.15) is 31.5 Å². The molecule has 0 aliphatic carbocycles. The summed E-state index contributed by atoms with van der Waals surface area (Å²) in [5, 5.41) is 0. The average Bonchev–Trinajstić information content (AvgIpc) is 4.26. The standard InChI is InChI=1S/C57H72O9/c1-4-7-10-13-16-19-28-37-49-52(64-49)40-31-22-25-34-43-55(58)61-46-48(63-57(60)45-36-27-24-33-42-54-51(66-54)39-30-21-18-15-12-9-6-3)47-62-56(59)44-35-26-23-32-41-53-50(65-53)38-29-20-17-14-11-8-5-2/h1,5-6,48-54H,2-3,7-21,28-30,34-39,43-47H2/t48-,49-,50-,51-,52-,53-,54-/m0/s1. The molecule has 9 nitrogen and oxygen atoms in total. The predicted octanol–water partition coefficient (Wildman–Crippen LogP) is 9.85. The molecule has 0 aromatic carbocycles. The van der Waals surface area contributed by atoms with E-state index in [-0.39, 0.29) is 88.4 Å². The normalized spacial score (nSPS) is 19.4. The molecule has 0 radical (unpaired) electrons. The van der Waals surface area contributed by atoms with Crippen LogP contribution in [0, 0.1) is 83.4 Å². The first-order valence-electron chi connectivity index (χ1n) is 24.5. The molecule has 0 saturated carbocycles. The molecule has 7 atom stereocenters. The second kappa shape index (κ2) is 36.9. The number of hydrogen-bond acceptors (Lipinski definition) is 9. The molecule has 0 N–H and O–H groups in total. The number of epoxide rings is 3. The summed E-state index contributed by atoms with van der Waals surface area (Å²) in [6.07, 6.45) is 32.9. The van der Waals surface area contributed by atoms with Gasteiger partial charge in [-0.2, -0.15) is 0 Å². The molecule has 3 heterocycles. The number of unbranched alkanes of at least 4 members (excludes halogenated alkanes) is 15. The van der Waals surface area contributed by atoms with Gasteiger partial charge in [-0.05, 0) is 86.9 Å². The molecule has 0 aromatic rings. The third-order valence-corrected chi connectivity index (χ3v) is 11.0. The molecule has 0 unspecified atom stereocenters. The third-order valence-electron chi connectivity index (χ3n) is 11.0. The Morgan fingerprint density at radius 3 is 1.24 bits per heavy atom. The first kappa shape index (κ1) is 55.0. The van der Waals surface area contributed by atoms with Crippen molar-refractivity contribution < 1.29 is 42.8 Å². The Hall–Kier alpha value is -5.31. The van der Waals surface area contributed by atoms with Gasteiger partial charge in [-0.3, -0.25) is 14.4 Å². The number of ether oxygens (including phenoxy) is 6. The fourth-order valence-electron chi connectivity index (χ4n) is 6.91. The summed E-state index contributed by atoms with van der Waals surface area (Å²) in [5.74, 6) is 35.5. The van der Waals surface area contributed by atoms with Gasteiger partial charge in [0.2, 0.25) is 0 Å². The van der Waals surface area contributed by atoms with Crippen LogP contribution in [0.2, 0.25) is 0 Å². The molecule has 0 aromatic heterocycles. The molecule has 0 bridgehead atoms. The van der Waals surface area contributed by atoms with Gasteiger partial charge >= 0.3 is 17.9 Å². The van der Waals surface area contributed by atoms with E-state index >= 15 is 0 Å². The summed E-state index contributed by atoms with van der Waals surface area (Å²) >= 11 is 0. The maximum Gasteiger partial charge on any atom is 0.307 e. The maximum absolute atomic E-state index is 12.7. The molecule has 66 heavy (non-hydrogen) atoms. The van der Waals surface area contributed by atoms with E-state index in [4.69, 9.17) is 34.8 Å². The van der Waals surface area contributed by atoms with Crippen LogP contribution in [-0.4, -0.2) is 73.8 Å². The number of esters is 3. The maximum atomic E-state index is 12.7. The first-order valence-corrected chi connectivity index (χ1v) is 24.5. The van der Waals surface area contributed by atoms with Crippen LogP contribution < -0.4 is 0 Å². The Labute approximate surface area is 397 Å². The molecule has 3 aliphatic rings. The fraction of sp³-hybridized carbons (Fsp3) is 0.632. The molecular weight excluding hydrogens is 829 g/mol. The minimum absolute atomic E-state index is 0.0148. The van der Waals surface area contributed by atoms with Crippen molar-refractivity contribution in [2.75, 3.05) is 13.2 Å². The summed E-state index contributed by atoms with van der Waals surface area (Å²) in [7, 11) is 0. The molecule has 354 valence electrons. The minimum atomic E-state index is -1.01. The Bertz CT molecular complexity index is 1920. The van der Waals surface area contributed by atoms with Gasteiger partial charge in [0, 0.05) is 25.7 Å².